The number of hydrogen-bond acceptors (Lipinski definition) is 3. The standard InChI is InChI=1S/C17H21N3O/c1-14(15-7-3-2-4-8-15)18-12-10-17(21)20-13-16-9-5-6-11-19-16/h2-9,11,14,18H,10,12-13H2,1H3,(H,20,21). The van der Waals surface area contributed by atoms with Gasteiger partial charge in [0.15, 0.2) is 0 Å². The minimum Gasteiger partial charge on any atom is -0.350 e. The van der Waals surface area contributed by atoms with E-state index in [-0.39, 0.29) is 11.9 Å². The molecule has 2 aromatic rings. The first-order valence-electron chi connectivity index (χ1n) is 7.20. The molecule has 1 aromatic carbocycles. The van der Waals surface area contributed by atoms with Crippen molar-refractivity contribution >= 4 is 5.91 Å². The fourth-order valence-electron chi connectivity index (χ4n) is 2.04. The van der Waals surface area contributed by atoms with Crippen LogP contribution in [0.3, 0.4) is 0 Å². The summed E-state index contributed by atoms with van der Waals surface area (Å²) in [5.74, 6) is 0.0356. The van der Waals surface area contributed by atoms with Gasteiger partial charge in [0.2, 0.25) is 5.91 Å². The summed E-state index contributed by atoms with van der Waals surface area (Å²) in [7, 11) is 0. The second-order valence-electron chi connectivity index (χ2n) is 4.93. The maximum atomic E-state index is 11.8. The van der Waals surface area contributed by atoms with Gasteiger partial charge in [-0.15, -0.1) is 0 Å². The second-order valence-corrected chi connectivity index (χ2v) is 4.93. The Kier molecular flexibility index (Phi) is 5.91. The van der Waals surface area contributed by atoms with Gasteiger partial charge in [-0.2, -0.15) is 0 Å². The number of carbonyl (C=O) groups is 1. The van der Waals surface area contributed by atoms with Crippen molar-refractivity contribution in [1.82, 2.24) is 15.6 Å². The molecule has 0 saturated carbocycles. The first kappa shape index (κ1) is 15.2. The van der Waals surface area contributed by atoms with Crippen molar-refractivity contribution in [3.05, 3.63) is 66.0 Å². The molecule has 0 aliphatic heterocycles. The van der Waals surface area contributed by atoms with Crippen LogP contribution in [-0.2, 0) is 11.3 Å². The van der Waals surface area contributed by atoms with E-state index >= 15 is 0 Å². The normalized spacial score (nSPS) is 11.9. The van der Waals surface area contributed by atoms with E-state index in [0.29, 0.717) is 19.5 Å². The number of pyridine rings is 1. The molecule has 21 heavy (non-hydrogen) atoms. The molecule has 1 unspecified atom stereocenters. The van der Waals surface area contributed by atoms with E-state index in [1.807, 2.05) is 36.4 Å². The molecule has 4 nitrogen and oxygen atoms in total. The molecule has 0 aliphatic rings. The fourth-order valence-corrected chi connectivity index (χ4v) is 2.04. The number of nitrogens with one attached hydrogen (secondary N) is 2. The molecular formula is C17H21N3O. The maximum Gasteiger partial charge on any atom is 0.221 e. The van der Waals surface area contributed by atoms with Gasteiger partial charge < -0.3 is 10.6 Å². The van der Waals surface area contributed by atoms with Gasteiger partial charge in [0, 0.05) is 25.2 Å². The summed E-state index contributed by atoms with van der Waals surface area (Å²) in [6.07, 6.45) is 2.19. The first-order valence-corrected chi connectivity index (χ1v) is 7.20. The van der Waals surface area contributed by atoms with Gasteiger partial charge in [0.05, 0.1) is 12.2 Å². The largest absolute Gasteiger partial charge is 0.350 e. The predicted octanol–water partition coefficient (Wildman–Crippen LogP) is 2.44. The molecular weight excluding hydrogens is 262 g/mol. The van der Waals surface area contributed by atoms with Crippen molar-refractivity contribution in [3.8, 4) is 0 Å². The van der Waals surface area contributed by atoms with Crippen LogP contribution in [0.15, 0.2) is 54.7 Å². The van der Waals surface area contributed by atoms with Crippen LogP contribution in [0.2, 0.25) is 0 Å². The Morgan fingerprint density at radius 1 is 1.14 bits per heavy atom. The van der Waals surface area contributed by atoms with Gasteiger partial charge in [-0.25, -0.2) is 0 Å². The molecule has 1 atom stereocenters. The Bertz CT molecular complexity index is 542. The van der Waals surface area contributed by atoms with E-state index in [4.69, 9.17) is 0 Å². The summed E-state index contributed by atoms with van der Waals surface area (Å²) >= 11 is 0. The molecule has 2 rings (SSSR count). The van der Waals surface area contributed by atoms with Gasteiger partial charge in [-0.3, -0.25) is 9.78 Å². The average molecular weight is 283 g/mol. The fraction of sp³-hybridized carbons (Fsp3) is 0.294. The van der Waals surface area contributed by atoms with Crippen molar-refractivity contribution in [2.75, 3.05) is 6.54 Å². The lowest BCUT2D eigenvalue weighted by Crippen LogP contribution is -2.28. The SMILES string of the molecule is CC(NCCC(=O)NCc1ccccn1)c1ccccc1. The number of nitrogens with zero attached hydrogens (tertiary/aromatic N) is 1. The van der Waals surface area contributed by atoms with Crippen molar-refractivity contribution < 1.29 is 4.79 Å². The molecule has 110 valence electrons. The summed E-state index contributed by atoms with van der Waals surface area (Å²) < 4.78 is 0. The van der Waals surface area contributed by atoms with E-state index in [1.165, 1.54) is 5.56 Å². The van der Waals surface area contributed by atoms with Crippen molar-refractivity contribution in [3.63, 3.8) is 0 Å². The zero-order chi connectivity index (χ0) is 14.9. The number of amides is 1. The summed E-state index contributed by atoms with van der Waals surface area (Å²) in [6, 6.07) is 16.1. The van der Waals surface area contributed by atoms with Gasteiger partial charge in [-0.05, 0) is 24.6 Å². The van der Waals surface area contributed by atoms with E-state index in [0.717, 1.165) is 5.69 Å². The van der Waals surface area contributed by atoms with E-state index < -0.39 is 0 Å². The Morgan fingerprint density at radius 2 is 1.90 bits per heavy atom. The highest BCUT2D eigenvalue weighted by Crippen LogP contribution is 2.10. The Hall–Kier alpha value is -2.20. The quantitative estimate of drug-likeness (QED) is 0.820. The molecule has 0 saturated heterocycles. The summed E-state index contributed by atoms with van der Waals surface area (Å²) in [6.45, 7) is 3.24. The van der Waals surface area contributed by atoms with Crippen LogP contribution in [0.25, 0.3) is 0 Å². The smallest absolute Gasteiger partial charge is 0.221 e. The highest BCUT2D eigenvalue weighted by molar-refractivity contribution is 5.75. The number of benzene rings is 1. The third-order valence-corrected chi connectivity index (χ3v) is 3.29. The highest BCUT2D eigenvalue weighted by Gasteiger charge is 2.06. The third kappa shape index (κ3) is 5.36. The first-order chi connectivity index (χ1) is 10.3. The molecule has 0 aliphatic carbocycles. The third-order valence-electron chi connectivity index (χ3n) is 3.29. The number of aromatic nitrogens is 1. The minimum atomic E-state index is 0.0356. The van der Waals surface area contributed by atoms with Crippen LogP contribution in [-0.4, -0.2) is 17.4 Å². The molecule has 0 radical (unpaired) electrons. The summed E-state index contributed by atoms with van der Waals surface area (Å²) in [5.41, 5.74) is 2.10. The van der Waals surface area contributed by atoms with E-state index in [9.17, 15) is 4.79 Å². The zero-order valence-electron chi connectivity index (χ0n) is 12.3. The van der Waals surface area contributed by atoms with Gasteiger partial charge >= 0.3 is 0 Å². The molecule has 4 heteroatoms. The van der Waals surface area contributed by atoms with Crippen molar-refractivity contribution in [1.29, 1.82) is 0 Å². The van der Waals surface area contributed by atoms with Crippen LogP contribution in [0.1, 0.15) is 30.6 Å². The Morgan fingerprint density at radius 3 is 2.62 bits per heavy atom. The molecule has 1 aromatic heterocycles. The Labute approximate surface area is 125 Å². The van der Waals surface area contributed by atoms with Crippen molar-refractivity contribution in [2.45, 2.75) is 25.9 Å². The molecule has 0 bridgehead atoms. The van der Waals surface area contributed by atoms with E-state index in [2.05, 4.69) is 34.7 Å². The minimum absolute atomic E-state index is 0.0356. The molecule has 0 fully saturated rings. The molecule has 0 spiro atoms. The maximum absolute atomic E-state index is 11.8. The summed E-state index contributed by atoms with van der Waals surface area (Å²) in [5, 5.41) is 6.22. The van der Waals surface area contributed by atoms with Gasteiger partial charge in [0.1, 0.15) is 0 Å². The van der Waals surface area contributed by atoms with Crippen LogP contribution in [0, 0.1) is 0 Å². The lowest BCUT2D eigenvalue weighted by Gasteiger charge is -2.14. The van der Waals surface area contributed by atoms with Crippen LogP contribution < -0.4 is 10.6 Å². The topological polar surface area (TPSA) is 54.0 Å². The number of carbonyl (C=O) groups excluding carboxylic acids is 1. The van der Waals surface area contributed by atoms with Crippen LogP contribution in [0.4, 0.5) is 0 Å². The van der Waals surface area contributed by atoms with Crippen LogP contribution >= 0.6 is 0 Å². The zero-order valence-corrected chi connectivity index (χ0v) is 12.3. The van der Waals surface area contributed by atoms with E-state index in [1.54, 1.807) is 6.20 Å². The Balaban J connectivity index is 1.65. The van der Waals surface area contributed by atoms with Crippen molar-refractivity contribution in [2.24, 2.45) is 0 Å². The molecule has 1 amide bonds. The van der Waals surface area contributed by atoms with Gasteiger partial charge in [-0.1, -0.05) is 36.4 Å². The summed E-state index contributed by atoms with van der Waals surface area (Å²) in [4.78, 5) is 15.9. The van der Waals surface area contributed by atoms with Gasteiger partial charge in [0.25, 0.3) is 0 Å². The number of hydrogen-bond donors (Lipinski definition) is 2. The molecule has 2 N–H and O–H groups in total. The highest BCUT2D eigenvalue weighted by atomic mass is 16.1. The average Bonchev–Trinajstić information content (AvgIpc) is 2.54. The second kappa shape index (κ2) is 8.17. The predicted molar refractivity (Wildman–Crippen MR) is 83.6 cm³/mol. The van der Waals surface area contributed by atoms with Crippen LogP contribution in [0.5, 0.6) is 0 Å². The monoisotopic (exact) mass is 283 g/mol. The molecule has 1 heterocycles. The number of rotatable bonds is 7. The lowest BCUT2D eigenvalue weighted by molar-refractivity contribution is -0.121. The lowest BCUT2D eigenvalue weighted by atomic mass is 10.1.